The van der Waals surface area contributed by atoms with Gasteiger partial charge in [0.25, 0.3) is 0 Å². The first-order valence-electron chi connectivity index (χ1n) is 6.48. The molecule has 132 valence electrons. The molecule has 0 spiro atoms. The molecule has 0 amide bonds. The van der Waals surface area contributed by atoms with E-state index in [0.717, 1.165) is 11.1 Å². The number of benzene rings is 2. The standard InChI is InChI=1S/C16H16O4S2.2H3N/c1-12-4-8-15(9-5-12)21(17,18)14(3)22(19,20)16-10-6-13(2)7-11-16;;/h4-11H,3H2,1-2H3;2*1H3. The minimum atomic E-state index is -4.15. The fourth-order valence-electron chi connectivity index (χ4n) is 1.84. The van der Waals surface area contributed by atoms with Crippen LogP contribution in [0.1, 0.15) is 11.1 Å². The van der Waals surface area contributed by atoms with Crippen molar-refractivity contribution in [2.45, 2.75) is 23.6 Å². The summed E-state index contributed by atoms with van der Waals surface area (Å²) in [5.74, 6) is 0. The average molecular weight is 370 g/mol. The van der Waals surface area contributed by atoms with Crippen LogP contribution in [0.25, 0.3) is 0 Å². The van der Waals surface area contributed by atoms with Gasteiger partial charge in [0.1, 0.15) is 0 Å². The molecule has 0 atom stereocenters. The van der Waals surface area contributed by atoms with Crippen LogP contribution in [0.5, 0.6) is 0 Å². The maximum atomic E-state index is 12.5. The molecule has 0 aliphatic carbocycles. The smallest absolute Gasteiger partial charge is 0.217 e. The zero-order chi connectivity index (χ0) is 16.5. The second kappa shape index (κ2) is 7.71. The molecule has 0 unspecified atom stereocenters. The minimum Gasteiger partial charge on any atom is -0.344 e. The third-order valence-electron chi connectivity index (χ3n) is 3.26. The molecule has 2 aromatic rings. The van der Waals surface area contributed by atoms with Crippen molar-refractivity contribution in [2.24, 2.45) is 0 Å². The molecule has 0 bridgehead atoms. The van der Waals surface area contributed by atoms with Crippen LogP contribution in [0, 0.1) is 13.8 Å². The van der Waals surface area contributed by atoms with Gasteiger partial charge < -0.3 is 12.3 Å². The minimum absolute atomic E-state index is 0. The highest BCUT2D eigenvalue weighted by Gasteiger charge is 2.31. The predicted octanol–water partition coefficient (Wildman–Crippen LogP) is 3.35. The van der Waals surface area contributed by atoms with Crippen LogP contribution >= 0.6 is 0 Å². The Kier molecular flexibility index (Phi) is 7.07. The van der Waals surface area contributed by atoms with E-state index in [9.17, 15) is 16.8 Å². The van der Waals surface area contributed by atoms with E-state index in [1.807, 2.05) is 13.8 Å². The summed E-state index contributed by atoms with van der Waals surface area (Å²) < 4.78 is 49.0. The summed E-state index contributed by atoms with van der Waals surface area (Å²) in [6, 6.07) is 11.9. The summed E-state index contributed by atoms with van der Waals surface area (Å²) >= 11 is 0. The van der Waals surface area contributed by atoms with Gasteiger partial charge in [-0.3, -0.25) is 0 Å². The third-order valence-corrected chi connectivity index (χ3v) is 7.56. The number of hydrogen-bond donors (Lipinski definition) is 2. The molecule has 8 heteroatoms. The third kappa shape index (κ3) is 4.09. The van der Waals surface area contributed by atoms with Gasteiger partial charge in [-0.25, -0.2) is 16.8 Å². The number of hydrogen-bond acceptors (Lipinski definition) is 6. The average Bonchev–Trinajstić information content (AvgIpc) is 2.47. The second-order valence-corrected chi connectivity index (χ2v) is 9.21. The predicted molar refractivity (Wildman–Crippen MR) is 95.9 cm³/mol. The molecule has 6 N–H and O–H groups in total. The Labute approximate surface area is 143 Å². The maximum Gasteiger partial charge on any atom is 0.217 e. The van der Waals surface area contributed by atoms with Gasteiger partial charge >= 0.3 is 0 Å². The van der Waals surface area contributed by atoms with Gasteiger partial charge in [0.2, 0.25) is 19.7 Å². The molecule has 0 radical (unpaired) electrons. The van der Waals surface area contributed by atoms with E-state index >= 15 is 0 Å². The highest BCUT2D eigenvalue weighted by molar-refractivity contribution is 8.14. The van der Waals surface area contributed by atoms with Crippen LogP contribution in [-0.2, 0) is 19.7 Å². The van der Waals surface area contributed by atoms with Crippen molar-refractivity contribution in [3.63, 3.8) is 0 Å². The first-order chi connectivity index (χ1) is 10.2. The Morgan fingerprint density at radius 2 is 0.917 bits per heavy atom. The van der Waals surface area contributed by atoms with Crippen molar-refractivity contribution in [1.29, 1.82) is 0 Å². The van der Waals surface area contributed by atoms with E-state index in [0.29, 0.717) is 0 Å². The van der Waals surface area contributed by atoms with E-state index in [4.69, 9.17) is 0 Å². The fraction of sp³-hybridized carbons (Fsp3) is 0.125. The number of rotatable bonds is 4. The molecule has 0 saturated heterocycles. The molecule has 6 nitrogen and oxygen atoms in total. The normalized spacial score (nSPS) is 11.1. The lowest BCUT2D eigenvalue weighted by Gasteiger charge is -2.09. The van der Waals surface area contributed by atoms with Crippen LogP contribution in [-0.4, -0.2) is 16.8 Å². The van der Waals surface area contributed by atoms with Crippen LogP contribution in [0.15, 0.2) is 69.1 Å². The van der Waals surface area contributed by atoms with Crippen molar-refractivity contribution in [3.05, 3.63) is 70.5 Å². The van der Waals surface area contributed by atoms with Gasteiger partial charge in [-0.1, -0.05) is 42.0 Å². The van der Waals surface area contributed by atoms with Gasteiger partial charge in [-0.2, -0.15) is 0 Å². The van der Waals surface area contributed by atoms with Crippen LogP contribution in [0.2, 0.25) is 0 Å². The molecule has 0 heterocycles. The summed E-state index contributed by atoms with van der Waals surface area (Å²) in [5, 5.41) is 0. The first kappa shape index (κ1) is 22.0. The summed E-state index contributed by atoms with van der Waals surface area (Å²) in [4.78, 5) is -0.169. The van der Waals surface area contributed by atoms with E-state index in [2.05, 4.69) is 6.58 Å². The Morgan fingerprint density at radius 3 is 1.17 bits per heavy atom. The van der Waals surface area contributed by atoms with Gasteiger partial charge in [-0.15, -0.1) is 0 Å². The van der Waals surface area contributed by atoms with Crippen molar-refractivity contribution in [1.82, 2.24) is 12.3 Å². The highest BCUT2D eigenvalue weighted by Crippen LogP contribution is 2.27. The van der Waals surface area contributed by atoms with E-state index in [1.165, 1.54) is 24.3 Å². The first-order valence-corrected chi connectivity index (χ1v) is 9.45. The largest absolute Gasteiger partial charge is 0.344 e. The maximum absolute atomic E-state index is 12.5. The Hall–Kier alpha value is -2.00. The Morgan fingerprint density at radius 1 is 0.667 bits per heavy atom. The van der Waals surface area contributed by atoms with E-state index in [-0.39, 0.29) is 22.1 Å². The van der Waals surface area contributed by atoms with Crippen LogP contribution < -0.4 is 12.3 Å². The molecule has 2 rings (SSSR count). The highest BCUT2D eigenvalue weighted by atomic mass is 32.3. The Balaban J connectivity index is 0.00000264. The number of sulfone groups is 2. The summed E-state index contributed by atoms with van der Waals surface area (Å²) in [5.41, 5.74) is 1.76. The summed E-state index contributed by atoms with van der Waals surface area (Å²) in [6.45, 7) is 6.95. The van der Waals surface area contributed by atoms with Crippen LogP contribution in [0.4, 0.5) is 0 Å². The molecule has 0 aliphatic rings. The van der Waals surface area contributed by atoms with Crippen molar-refractivity contribution in [2.75, 3.05) is 0 Å². The van der Waals surface area contributed by atoms with E-state index in [1.54, 1.807) is 24.3 Å². The molecule has 0 aromatic heterocycles. The molecule has 0 aliphatic heterocycles. The lowest BCUT2D eigenvalue weighted by atomic mass is 10.2. The molecular weight excluding hydrogens is 348 g/mol. The van der Waals surface area contributed by atoms with Gasteiger partial charge in [0.05, 0.1) is 9.79 Å². The van der Waals surface area contributed by atoms with E-state index < -0.39 is 23.9 Å². The van der Waals surface area contributed by atoms with Crippen molar-refractivity contribution in [3.8, 4) is 0 Å². The molecule has 0 fully saturated rings. The van der Waals surface area contributed by atoms with Gasteiger partial charge in [0, 0.05) is 0 Å². The summed E-state index contributed by atoms with van der Waals surface area (Å²) in [7, 11) is -8.31. The fourth-order valence-corrected chi connectivity index (χ4v) is 5.09. The zero-order valence-corrected chi connectivity index (χ0v) is 15.3. The zero-order valence-electron chi connectivity index (χ0n) is 13.7. The van der Waals surface area contributed by atoms with Crippen LogP contribution in [0.3, 0.4) is 0 Å². The van der Waals surface area contributed by atoms with Crippen molar-refractivity contribution < 1.29 is 16.8 Å². The van der Waals surface area contributed by atoms with Gasteiger partial charge in [0.15, 0.2) is 4.24 Å². The SMILES string of the molecule is C=C(S(=O)(=O)c1ccc(C)cc1)S(=O)(=O)c1ccc(C)cc1.N.N. The lowest BCUT2D eigenvalue weighted by Crippen LogP contribution is -2.14. The number of aryl methyl sites for hydroxylation is 2. The monoisotopic (exact) mass is 370 g/mol. The Bertz CT molecular complexity index is 838. The quantitative estimate of drug-likeness (QED) is 0.846. The van der Waals surface area contributed by atoms with Crippen molar-refractivity contribution >= 4 is 19.7 Å². The topological polar surface area (TPSA) is 138 Å². The molecule has 24 heavy (non-hydrogen) atoms. The lowest BCUT2D eigenvalue weighted by molar-refractivity contribution is 0.595. The molecule has 0 saturated carbocycles. The molecular formula is C16H22N2O4S2. The summed E-state index contributed by atoms with van der Waals surface area (Å²) in [6.07, 6.45) is 0. The second-order valence-electron chi connectivity index (χ2n) is 5.00. The molecule has 2 aromatic carbocycles. The van der Waals surface area contributed by atoms with Gasteiger partial charge in [-0.05, 0) is 38.1 Å².